The van der Waals surface area contributed by atoms with Crippen LogP contribution in [0.4, 0.5) is 10.7 Å². The molecule has 0 aliphatic carbocycles. The van der Waals surface area contributed by atoms with E-state index in [4.69, 9.17) is 4.74 Å². The van der Waals surface area contributed by atoms with Gasteiger partial charge in [0.25, 0.3) is 11.8 Å². The molecule has 0 aliphatic heterocycles. The summed E-state index contributed by atoms with van der Waals surface area (Å²) in [7, 11) is 1.24. The molecule has 148 valence electrons. The van der Waals surface area contributed by atoms with Crippen molar-refractivity contribution in [2.75, 3.05) is 17.7 Å². The minimum atomic E-state index is -0.650. The Balaban J connectivity index is 1.92. The van der Waals surface area contributed by atoms with E-state index in [0.717, 1.165) is 16.9 Å². The lowest BCUT2D eigenvalue weighted by molar-refractivity contribution is 0.0601. The molecule has 0 saturated heterocycles. The monoisotopic (exact) mass is 410 g/mol. The van der Waals surface area contributed by atoms with Crippen molar-refractivity contribution >= 4 is 39.8 Å². The number of nitrogens with one attached hydrogen (secondary N) is 2. The molecule has 0 saturated carbocycles. The molecule has 2 heterocycles. The predicted octanol–water partition coefficient (Wildman–Crippen LogP) is 3.45. The van der Waals surface area contributed by atoms with Gasteiger partial charge < -0.3 is 15.4 Å². The number of carbonyl (C=O) groups excluding carboxylic acids is 3. The largest absolute Gasteiger partial charge is 0.465 e. The molecule has 0 atom stereocenters. The third-order valence-electron chi connectivity index (χ3n) is 4.07. The van der Waals surface area contributed by atoms with Crippen molar-refractivity contribution in [3.8, 4) is 0 Å². The Morgan fingerprint density at radius 1 is 1.00 bits per heavy atom. The van der Waals surface area contributed by atoms with E-state index in [-0.39, 0.29) is 22.2 Å². The highest BCUT2D eigenvalue weighted by Crippen LogP contribution is 2.34. The molecule has 0 radical (unpaired) electrons. The second-order valence-electron chi connectivity index (χ2n) is 6.12. The highest BCUT2D eigenvalue weighted by Gasteiger charge is 2.27. The van der Waals surface area contributed by atoms with Gasteiger partial charge >= 0.3 is 5.97 Å². The molecule has 0 fully saturated rings. The lowest BCUT2D eigenvalue weighted by Gasteiger charge is -2.05. The van der Waals surface area contributed by atoms with Crippen LogP contribution in [-0.2, 0) is 4.74 Å². The predicted molar refractivity (Wildman–Crippen MR) is 110 cm³/mol. The average molecular weight is 410 g/mol. The van der Waals surface area contributed by atoms with Crippen LogP contribution < -0.4 is 10.6 Å². The van der Waals surface area contributed by atoms with Crippen molar-refractivity contribution in [1.29, 1.82) is 0 Å². The smallest absolute Gasteiger partial charge is 0.341 e. The highest BCUT2D eigenvalue weighted by molar-refractivity contribution is 7.19. The zero-order valence-electron chi connectivity index (χ0n) is 16.0. The molecule has 8 nitrogen and oxygen atoms in total. The number of aryl methyl sites for hydroxylation is 1. The summed E-state index contributed by atoms with van der Waals surface area (Å²) in [5.74, 6) is -1.58. The number of hydrogen-bond donors (Lipinski definition) is 2. The number of benzene rings is 1. The minimum absolute atomic E-state index is 0.0834. The SMILES string of the molecule is COC(=O)c1c(NC(=O)c2cnccn2)sc(C(=O)Nc2ccc(C)cc2)c1C. The summed E-state index contributed by atoms with van der Waals surface area (Å²) in [6, 6.07) is 7.33. The highest BCUT2D eigenvalue weighted by atomic mass is 32.1. The Hall–Kier alpha value is -3.59. The Morgan fingerprint density at radius 3 is 2.34 bits per heavy atom. The molecule has 0 spiro atoms. The summed E-state index contributed by atoms with van der Waals surface area (Å²) in [5, 5.41) is 5.63. The van der Waals surface area contributed by atoms with Crippen LogP contribution in [-0.4, -0.2) is 34.9 Å². The Kier molecular flexibility index (Phi) is 5.99. The van der Waals surface area contributed by atoms with Crippen molar-refractivity contribution in [3.63, 3.8) is 0 Å². The number of aromatic nitrogens is 2. The van der Waals surface area contributed by atoms with Crippen LogP contribution >= 0.6 is 11.3 Å². The average Bonchev–Trinajstić information content (AvgIpc) is 3.05. The summed E-state index contributed by atoms with van der Waals surface area (Å²) < 4.78 is 4.83. The molecule has 0 aliphatic rings. The van der Waals surface area contributed by atoms with Gasteiger partial charge in [-0.25, -0.2) is 9.78 Å². The normalized spacial score (nSPS) is 10.3. The van der Waals surface area contributed by atoms with Crippen molar-refractivity contribution in [2.45, 2.75) is 13.8 Å². The van der Waals surface area contributed by atoms with E-state index in [1.54, 1.807) is 19.1 Å². The number of hydrogen-bond acceptors (Lipinski definition) is 7. The van der Waals surface area contributed by atoms with Crippen LogP contribution in [0, 0.1) is 13.8 Å². The molecule has 2 aromatic heterocycles. The number of methoxy groups -OCH3 is 1. The second kappa shape index (κ2) is 8.61. The van der Waals surface area contributed by atoms with Crippen LogP contribution in [0.25, 0.3) is 0 Å². The van der Waals surface area contributed by atoms with E-state index in [2.05, 4.69) is 20.6 Å². The number of anilines is 2. The topological polar surface area (TPSA) is 110 Å². The van der Waals surface area contributed by atoms with Crippen LogP contribution in [0.3, 0.4) is 0 Å². The maximum Gasteiger partial charge on any atom is 0.341 e. The van der Waals surface area contributed by atoms with Gasteiger partial charge in [-0.15, -0.1) is 11.3 Å². The minimum Gasteiger partial charge on any atom is -0.465 e. The zero-order chi connectivity index (χ0) is 21.0. The Morgan fingerprint density at radius 2 is 1.72 bits per heavy atom. The Labute approximate surface area is 171 Å². The summed E-state index contributed by atoms with van der Waals surface area (Å²) in [5.41, 5.74) is 2.32. The first kappa shape index (κ1) is 20.2. The molecule has 2 N–H and O–H groups in total. The van der Waals surface area contributed by atoms with E-state index < -0.39 is 11.9 Å². The van der Waals surface area contributed by atoms with Gasteiger partial charge in [-0.1, -0.05) is 17.7 Å². The van der Waals surface area contributed by atoms with Crippen LogP contribution in [0.5, 0.6) is 0 Å². The van der Waals surface area contributed by atoms with E-state index >= 15 is 0 Å². The quantitative estimate of drug-likeness (QED) is 0.624. The van der Waals surface area contributed by atoms with Crippen LogP contribution in [0.1, 0.15) is 41.6 Å². The van der Waals surface area contributed by atoms with E-state index in [0.29, 0.717) is 16.1 Å². The maximum absolute atomic E-state index is 12.8. The van der Waals surface area contributed by atoms with Gasteiger partial charge in [-0.05, 0) is 31.5 Å². The van der Waals surface area contributed by atoms with Gasteiger partial charge in [0, 0.05) is 18.1 Å². The molecule has 0 unspecified atom stereocenters. The standard InChI is InChI=1S/C20H18N4O4S/c1-11-4-6-13(7-5-11)23-18(26)16-12(2)15(20(27)28-3)19(29-16)24-17(25)14-10-21-8-9-22-14/h4-10H,1-3H3,(H,23,26)(H,24,25). The first-order chi connectivity index (χ1) is 13.9. The molecule has 9 heteroatoms. The van der Waals surface area contributed by atoms with Gasteiger partial charge in [-0.2, -0.15) is 0 Å². The van der Waals surface area contributed by atoms with E-state index in [1.807, 2.05) is 19.1 Å². The zero-order valence-corrected chi connectivity index (χ0v) is 16.8. The van der Waals surface area contributed by atoms with Gasteiger partial charge in [0.1, 0.15) is 10.7 Å². The molecule has 1 aromatic carbocycles. The fourth-order valence-corrected chi connectivity index (χ4v) is 3.66. The number of esters is 1. The second-order valence-corrected chi connectivity index (χ2v) is 7.14. The third kappa shape index (κ3) is 4.46. The fraction of sp³-hybridized carbons (Fsp3) is 0.150. The number of nitrogens with zero attached hydrogens (tertiary/aromatic N) is 2. The lowest BCUT2D eigenvalue weighted by atomic mass is 10.1. The molecule has 3 rings (SSSR count). The van der Waals surface area contributed by atoms with Crippen molar-refractivity contribution in [3.05, 3.63) is 70.1 Å². The molecule has 0 bridgehead atoms. The summed E-state index contributed by atoms with van der Waals surface area (Å²) in [6.45, 7) is 3.58. The Bertz CT molecular complexity index is 1060. The van der Waals surface area contributed by atoms with E-state index in [1.165, 1.54) is 25.7 Å². The van der Waals surface area contributed by atoms with Crippen LogP contribution in [0.2, 0.25) is 0 Å². The molecular weight excluding hydrogens is 392 g/mol. The van der Waals surface area contributed by atoms with Crippen molar-refractivity contribution in [1.82, 2.24) is 9.97 Å². The first-order valence-electron chi connectivity index (χ1n) is 8.57. The number of rotatable bonds is 5. The third-order valence-corrected chi connectivity index (χ3v) is 5.28. The van der Waals surface area contributed by atoms with Crippen LogP contribution in [0.15, 0.2) is 42.9 Å². The van der Waals surface area contributed by atoms with Gasteiger partial charge in [0.05, 0.1) is 23.7 Å². The van der Waals surface area contributed by atoms with Gasteiger partial charge in [0.2, 0.25) is 0 Å². The fourth-order valence-electron chi connectivity index (χ4n) is 2.57. The summed E-state index contributed by atoms with van der Waals surface area (Å²) >= 11 is 0.990. The first-order valence-corrected chi connectivity index (χ1v) is 9.39. The number of thiophene rings is 1. The number of amides is 2. The van der Waals surface area contributed by atoms with E-state index in [9.17, 15) is 14.4 Å². The molecule has 2 amide bonds. The lowest BCUT2D eigenvalue weighted by Crippen LogP contribution is -2.15. The summed E-state index contributed by atoms with van der Waals surface area (Å²) in [4.78, 5) is 45.5. The van der Waals surface area contributed by atoms with Gasteiger partial charge in [0.15, 0.2) is 0 Å². The molecule has 29 heavy (non-hydrogen) atoms. The van der Waals surface area contributed by atoms with Crippen molar-refractivity contribution in [2.24, 2.45) is 0 Å². The van der Waals surface area contributed by atoms with Gasteiger partial charge in [-0.3, -0.25) is 14.6 Å². The molecule has 3 aromatic rings. The summed E-state index contributed by atoms with van der Waals surface area (Å²) in [6.07, 6.45) is 4.13. The van der Waals surface area contributed by atoms with Crippen molar-refractivity contribution < 1.29 is 19.1 Å². The maximum atomic E-state index is 12.8. The number of ether oxygens (including phenoxy) is 1. The number of carbonyl (C=O) groups is 3. The molecular formula is C20H18N4O4S.